The van der Waals surface area contributed by atoms with Gasteiger partial charge in [0.05, 0.1) is 13.2 Å². The number of aromatic amines is 1. The van der Waals surface area contributed by atoms with Crippen molar-refractivity contribution in [1.29, 1.82) is 0 Å². The van der Waals surface area contributed by atoms with Gasteiger partial charge in [-0.05, 0) is 17.2 Å². The van der Waals surface area contributed by atoms with Crippen LogP contribution in [-0.4, -0.2) is 47.5 Å². The van der Waals surface area contributed by atoms with Gasteiger partial charge in [0.2, 0.25) is 0 Å². The highest BCUT2D eigenvalue weighted by molar-refractivity contribution is 5.91. The molecule has 0 fully saturated rings. The Kier molecular flexibility index (Phi) is 5.27. The summed E-state index contributed by atoms with van der Waals surface area (Å²) in [6.07, 6.45) is 0.307. The minimum atomic E-state index is -0.838. The lowest BCUT2D eigenvalue weighted by Gasteiger charge is -2.40. The van der Waals surface area contributed by atoms with E-state index in [-0.39, 0.29) is 0 Å². The van der Waals surface area contributed by atoms with Crippen molar-refractivity contribution in [2.24, 2.45) is 0 Å². The molecule has 1 N–H and O–H groups in total. The summed E-state index contributed by atoms with van der Waals surface area (Å²) >= 11 is 0. The van der Waals surface area contributed by atoms with E-state index < -0.39 is 36.5 Å². The predicted molar refractivity (Wildman–Crippen MR) is 110 cm³/mol. The Bertz CT molecular complexity index is 1110. The van der Waals surface area contributed by atoms with Gasteiger partial charge in [-0.1, -0.05) is 48.5 Å². The first-order valence-corrected chi connectivity index (χ1v) is 9.68. The lowest BCUT2D eigenvalue weighted by Crippen LogP contribution is -2.53. The summed E-state index contributed by atoms with van der Waals surface area (Å²) in [7, 11) is 1.30. The van der Waals surface area contributed by atoms with Crippen LogP contribution in [0.2, 0.25) is 0 Å². The molecule has 7 nitrogen and oxygen atoms in total. The highest BCUT2D eigenvalue weighted by Crippen LogP contribution is 2.41. The lowest BCUT2D eigenvalue weighted by atomic mass is 9.88. The van der Waals surface area contributed by atoms with Crippen molar-refractivity contribution in [3.8, 4) is 0 Å². The standard InChI is InChI=1S/C23H22N2O5/c1-14(26)30-13-20(27)25-19(23(28)29-2)12-17-16-10-6-7-11-18(16)24-21(17)22(25)15-8-4-3-5-9-15/h3-11,19,22,24H,12-13H2,1-2H3. The van der Waals surface area contributed by atoms with E-state index >= 15 is 0 Å². The number of fused-ring (bicyclic) bond motifs is 3. The fourth-order valence-electron chi connectivity index (χ4n) is 4.14. The number of H-pyrrole nitrogens is 1. The summed E-state index contributed by atoms with van der Waals surface area (Å²) in [5, 5.41) is 1.01. The maximum absolute atomic E-state index is 13.2. The van der Waals surface area contributed by atoms with E-state index in [9.17, 15) is 14.4 Å². The van der Waals surface area contributed by atoms with Gasteiger partial charge in [0.1, 0.15) is 6.04 Å². The van der Waals surface area contributed by atoms with Gasteiger partial charge in [-0.25, -0.2) is 4.79 Å². The number of esters is 2. The largest absolute Gasteiger partial charge is 0.467 e. The van der Waals surface area contributed by atoms with Crippen LogP contribution in [0.25, 0.3) is 10.9 Å². The second-order valence-corrected chi connectivity index (χ2v) is 7.20. The molecule has 0 radical (unpaired) electrons. The Hall–Kier alpha value is -3.61. The minimum Gasteiger partial charge on any atom is -0.467 e. The second-order valence-electron chi connectivity index (χ2n) is 7.20. The summed E-state index contributed by atoms with van der Waals surface area (Å²) < 4.78 is 9.99. The van der Waals surface area contributed by atoms with E-state index in [4.69, 9.17) is 9.47 Å². The van der Waals surface area contributed by atoms with Crippen molar-refractivity contribution in [3.63, 3.8) is 0 Å². The first-order valence-electron chi connectivity index (χ1n) is 9.68. The zero-order chi connectivity index (χ0) is 21.3. The Balaban J connectivity index is 1.90. The number of nitrogens with zero attached hydrogens (tertiary/aromatic N) is 1. The molecule has 2 unspecified atom stereocenters. The van der Waals surface area contributed by atoms with Gasteiger partial charge in [-0.15, -0.1) is 0 Å². The predicted octanol–water partition coefficient (Wildman–Crippen LogP) is 2.75. The van der Waals surface area contributed by atoms with Gasteiger partial charge in [-0.3, -0.25) is 9.59 Å². The van der Waals surface area contributed by atoms with E-state index in [0.717, 1.165) is 27.7 Å². The van der Waals surface area contributed by atoms with Crippen LogP contribution >= 0.6 is 0 Å². The maximum atomic E-state index is 13.2. The molecule has 0 aliphatic carbocycles. The third-order valence-electron chi connectivity index (χ3n) is 5.41. The molecule has 2 atom stereocenters. The fraction of sp³-hybridized carbons (Fsp3) is 0.261. The van der Waals surface area contributed by atoms with Gasteiger partial charge in [0.25, 0.3) is 5.91 Å². The van der Waals surface area contributed by atoms with Crippen molar-refractivity contribution in [1.82, 2.24) is 9.88 Å². The fourth-order valence-corrected chi connectivity index (χ4v) is 4.14. The molecule has 154 valence electrons. The van der Waals surface area contributed by atoms with Crippen LogP contribution in [0.3, 0.4) is 0 Å². The summed E-state index contributed by atoms with van der Waals surface area (Å²) in [6, 6.07) is 15.9. The molecule has 0 saturated carbocycles. The average Bonchev–Trinajstić information content (AvgIpc) is 3.14. The third-order valence-corrected chi connectivity index (χ3v) is 5.41. The number of hydrogen-bond acceptors (Lipinski definition) is 5. The van der Waals surface area contributed by atoms with Crippen LogP contribution in [0, 0.1) is 0 Å². The van der Waals surface area contributed by atoms with Gasteiger partial charge in [0, 0.05) is 29.9 Å². The molecule has 1 amide bonds. The maximum Gasteiger partial charge on any atom is 0.328 e. The molecule has 3 aromatic rings. The van der Waals surface area contributed by atoms with Crippen molar-refractivity contribution < 1.29 is 23.9 Å². The first-order chi connectivity index (χ1) is 14.5. The number of amides is 1. The number of carbonyl (C=O) groups excluding carboxylic acids is 3. The van der Waals surface area contributed by atoms with Crippen molar-refractivity contribution in [3.05, 3.63) is 71.4 Å². The van der Waals surface area contributed by atoms with Crippen LogP contribution in [0.5, 0.6) is 0 Å². The number of ether oxygens (including phenoxy) is 2. The third kappa shape index (κ3) is 3.43. The molecule has 0 spiro atoms. The summed E-state index contributed by atoms with van der Waals surface area (Å²) in [4.78, 5) is 42.1. The quantitative estimate of drug-likeness (QED) is 0.673. The number of benzene rings is 2. The number of methoxy groups -OCH3 is 1. The molecular formula is C23H22N2O5. The van der Waals surface area contributed by atoms with E-state index in [2.05, 4.69) is 4.98 Å². The lowest BCUT2D eigenvalue weighted by molar-refractivity contribution is -0.159. The van der Waals surface area contributed by atoms with E-state index in [1.807, 2.05) is 54.6 Å². The average molecular weight is 406 g/mol. The Morgan fingerprint density at radius 1 is 1.07 bits per heavy atom. The molecule has 1 aliphatic heterocycles. The smallest absolute Gasteiger partial charge is 0.328 e. The van der Waals surface area contributed by atoms with Gasteiger partial charge in [0.15, 0.2) is 6.61 Å². The first kappa shape index (κ1) is 19.7. The van der Waals surface area contributed by atoms with E-state index in [1.54, 1.807) is 0 Å². The van der Waals surface area contributed by atoms with Gasteiger partial charge >= 0.3 is 11.9 Å². The highest BCUT2D eigenvalue weighted by atomic mass is 16.5. The van der Waals surface area contributed by atoms with E-state index in [1.165, 1.54) is 18.9 Å². The SMILES string of the molecule is COC(=O)C1Cc2c([nH]c3ccccc23)C(c2ccccc2)N1C(=O)COC(C)=O. The minimum absolute atomic E-state index is 0.307. The van der Waals surface area contributed by atoms with Gasteiger partial charge in [-0.2, -0.15) is 0 Å². The number of rotatable bonds is 4. The van der Waals surface area contributed by atoms with Crippen molar-refractivity contribution >= 4 is 28.7 Å². The molecule has 0 bridgehead atoms. The zero-order valence-corrected chi connectivity index (χ0v) is 16.8. The molecular weight excluding hydrogens is 384 g/mol. The molecule has 1 aliphatic rings. The summed E-state index contributed by atoms with van der Waals surface area (Å²) in [5.74, 6) is -1.53. The molecule has 0 saturated heterocycles. The van der Waals surface area contributed by atoms with Crippen LogP contribution in [0.4, 0.5) is 0 Å². The molecule has 2 heterocycles. The Morgan fingerprint density at radius 3 is 2.47 bits per heavy atom. The number of para-hydroxylation sites is 1. The monoisotopic (exact) mass is 406 g/mol. The Labute approximate surface area is 173 Å². The topological polar surface area (TPSA) is 88.7 Å². The van der Waals surface area contributed by atoms with Crippen molar-refractivity contribution in [2.75, 3.05) is 13.7 Å². The molecule has 4 rings (SSSR count). The number of nitrogens with one attached hydrogen (secondary N) is 1. The second kappa shape index (κ2) is 8.02. The Morgan fingerprint density at radius 2 is 1.77 bits per heavy atom. The van der Waals surface area contributed by atoms with Crippen molar-refractivity contribution in [2.45, 2.75) is 25.4 Å². The number of carbonyl (C=O) groups is 3. The van der Waals surface area contributed by atoms with Crippen LogP contribution < -0.4 is 0 Å². The van der Waals surface area contributed by atoms with Gasteiger partial charge < -0.3 is 19.4 Å². The number of hydrogen-bond donors (Lipinski definition) is 1. The molecule has 30 heavy (non-hydrogen) atoms. The van der Waals surface area contributed by atoms with Crippen LogP contribution in [0.15, 0.2) is 54.6 Å². The zero-order valence-electron chi connectivity index (χ0n) is 16.8. The summed E-state index contributed by atoms with van der Waals surface area (Å²) in [5.41, 5.74) is 3.60. The summed E-state index contributed by atoms with van der Waals surface area (Å²) in [6.45, 7) is 0.799. The highest BCUT2D eigenvalue weighted by Gasteiger charge is 2.44. The van der Waals surface area contributed by atoms with E-state index in [0.29, 0.717) is 6.42 Å². The van der Waals surface area contributed by atoms with Crippen LogP contribution in [0.1, 0.15) is 29.8 Å². The molecule has 1 aromatic heterocycles. The number of aromatic nitrogens is 1. The normalized spacial score (nSPS) is 18.0. The van der Waals surface area contributed by atoms with Crippen LogP contribution in [-0.2, 0) is 30.3 Å². The molecule has 2 aromatic carbocycles. The molecule has 7 heteroatoms.